The van der Waals surface area contributed by atoms with Crippen LogP contribution in [0.1, 0.15) is 48.2 Å². The van der Waals surface area contributed by atoms with Crippen LogP contribution < -0.4 is 9.47 Å². The molecule has 0 saturated carbocycles. The Kier molecular flexibility index (Phi) is 8.59. The van der Waals surface area contributed by atoms with E-state index in [-0.39, 0.29) is 25.0 Å². The molecule has 0 aliphatic carbocycles. The number of ether oxygens (including phenoxy) is 4. The number of hydrogen-bond acceptors (Lipinski definition) is 6. The van der Waals surface area contributed by atoms with E-state index in [9.17, 15) is 9.59 Å². The van der Waals surface area contributed by atoms with Gasteiger partial charge in [-0.2, -0.15) is 0 Å². The van der Waals surface area contributed by atoms with E-state index in [1.807, 2.05) is 65.6 Å². The zero-order valence-electron chi connectivity index (χ0n) is 22.5. The van der Waals surface area contributed by atoms with E-state index in [2.05, 4.69) is 0 Å². The molecule has 3 aromatic carbocycles. The molecule has 1 saturated heterocycles. The summed E-state index contributed by atoms with van der Waals surface area (Å²) in [5.41, 5.74) is 4.52. The number of para-hydroxylation sites is 1. The number of fused-ring (bicyclic) bond motifs is 3. The van der Waals surface area contributed by atoms with Crippen molar-refractivity contribution in [3.63, 3.8) is 0 Å². The van der Waals surface area contributed by atoms with Crippen LogP contribution in [0, 0.1) is 0 Å². The van der Waals surface area contributed by atoms with E-state index in [1.54, 1.807) is 14.2 Å². The number of carboxylic acid groups (broad SMARTS) is 1. The van der Waals surface area contributed by atoms with Crippen molar-refractivity contribution in [2.24, 2.45) is 0 Å². The second-order valence-corrected chi connectivity index (χ2v) is 10.3. The van der Waals surface area contributed by atoms with E-state index in [0.29, 0.717) is 42.5 Å². The molecule has 2 aliphatic heterocycles. The maximum absolute atomic E-state index is 13.6. The fraction of sp³-hybridized carbons (Fsp3) is 0.355. The summed E-state index contributed by atoms with van der Waals surface area (Å²) in [4.78, 5) is 26.3. The van der Waals surface area contributed by atoms with Gasteiger partial charge in [0.1, 0.15) is 12.7 Å². The maximum atomic E-state index is 13.6. The molecule has 0 bridgehead atoms. The quantitative estimate of drug-likeness (QED) is 0.376. The van der Waals surface area contributed by atoms with Crippen LogP contribution in [0.3, 0.4) is 0 Å². The van der Waals surface area contributed by atoms with Gasteiger partial charge < -0.3 is 29.0 Å². The second kappa shape index (κ2) is 12.3. The molecular formula is C31H32ClNO7. The number of carbonyl (C=O) groups excluding carboxylic acids is 1. The molecule has 210 valence electrons. The van der Waals surface area contributed by atoms with Gasteiger partial charge in [0, 0.05) is 23.7 Å². The normalized spacial score (nSPS) is 18.8. The van der Waals surface area contributed by atoms with E-state index >= 15 is 0 Å². The number of likely N-dealkylation sites (tertiary alicyclic amines) is 1. The second-order valence-electron chi connectivity index (χ2n) is 9.90. The van der Waals surface area contributed by atoms with Gasteiger partial charge in [0.2, 0.25) is 5.91 Å². The van der Waals surface area contributed by atoms with Crippen molar-refractivity contribution in [2.45, 2.75) is 37.6 Å². The van der Waals surface area contributed by atoms with Gasteiger partial charge in [0.25, 0.3) is 0 Å². The lowest BCUT2D eigenvalue weighted by Gasteiger charge is -2.33. The Morgan fingerprint density at radius 1 is 0.950 bits per heavy atom. The summed E-state index contributed by atoms with van der Waals surface area (Å²) in [5, 5.41) is 9.47. The molecule has 1 N–H and O–H groups in total. The topological polar surface area (TPSA) is 94.5 Å². The highest BCUT2D eigenvalue weighted by Gasteiger charge is 2.35. The highest BCUT2D eigenvalue weighted by Crippen LogP contribution is 2.49. The van der Waals surface area contributed by atoms with E-state index in [0.717, 1.165) is 27.8 Å². The summed E-state index contributed by atoms with van der Waals surface area (Å²) in [7, 11) is 3.18. The molecule has 1 amide bonds. The van der Waals surface area contributed by atoms with Crippen LogP contribution in [0.25, 0.3) is 11.1 Å². The zero-order valence-corrected chi connectivity index (χ0v) is 23.2. The molecule has 0 aromatic heterocycles. The van der Waals surface area contributed by atoms with Gasteiger partial charge in [0.05, 0.1) is 32.8 Å². The van der Waals surface area contributed by atoms with Gasteiger partial charge in [-0.25, -0.2) is 4.79 Å². The van der Waals surface area contributed by atoms with Crippen LogP contribution in [0.2, 0.25) is 5.02 Å². The van der Waals surface area contributed by atoms with Gasteiger partial charge >= 0.3 is 5.97 Å². The maximum Gasteiger partial charge on any atom is 0.329 e. The van der Waals surface area contributed by atoms with E-state index in [4.69, 9.17) is 35.7 Å². The number of rotatable bonds is 8. The van der Waals surface area contributed by atoms with Crippen LogP contribution in [0.15, 0.2) is 60.7 Å². The number of benzene rings is 3. The van der Waals surface area contributed by atoms with Gasteiger partial charge in [-0.15, -0.1) is 0 Å². The predicted molar refractivity (Wildman–Crippen MR) is 150 cm³/mol. The van der Waals surface area contributed by atoms with Crippen molar-refractivity contribution in [3.05, 3.63) is 82.4 Å². The van der Waals surface area contributed by atoms with E-state index < -0.39 is 18.2 Å². The lowest BCUT2D eigenvalue weighted by Crippen LogP contribution is -2.41. The first kappa shape index (κ1) is 28.0. The molecule has 1 fully saturated rings. The van der Waals surface area contributed by atoms with Crippen molar-refractivity contribution >= 4 is 23.5 Å². The third-order valence-corrected chi connectivity index (χ3v) is 7.74. The number of amides is 1. The number of nitrogens with zero attached hydrogens (tertiary/aromatic N) is 1. The summed E-state index contributed by atoms with van der Waals surface area (Å²) in [6, 6.07) is 19.4. The molecule has 2 aliphatic rings. The number of piperidine rings is 1. The average molecular weight is 566 g/mol. The molecule has 2 unspecified atom stereocenters. The summed E-state index contributed by atoms with van der Waals surface area (Å²) in [6.07, 6.45) is 0.0287. The molecule has 40 heavy (non-hydrogen) atoms. The highest BCUT2D eigenvalue weighted by molar-refractivity contribution is 6.30. The molecule has 0 radical (unpaired) electrons. The Morgan fingerprint density at radius 3 is 2.40 bits per heavy atom. The van der Waals surface area contributed by atoms with Gasteiger partial charge in [-0.1, -0.05) is 54.1 Å². The first-order chi connectivity index (χ1) is 19.4. The fourth-order valence-electron chi connectivity index (χ4n) is 5.60. The molecule has 3 aromatic rings. The van der Waals surface area contributed by atoms with Crippen molar-refractivity contribution in [1.82, 2.24) is 4.90 Å². The Balaban J connectivity index is 1.48. The zero-order chi connectivity index (χ0) is 28.2. The smallest absolute Gasteiger partial charge is 0.329 e. The minimum absolute atomic E-state index is 0.0307. The van der Waals surface area contributed by atoms with Gasteiger partial charge in [-0.05, 0) is 53.3 Å². The number of aliphatic carboxylic acids is 1. The van der Waals surface area contributed by atoms with Crippen molar-refractivity contribution < 1.29 is 33.6 Å². The van der Waals surface area contributed by atoms with E-state index in [1.165, 1.54) is 0 Å². The summed E-state index contributed by atoms with van der Waals surface area (Å²) in [6.45, 7) is 0.673. The minimum Gasteiger partial charge on any atom is -0.493 e. The number of hydrogen-bond donors (Lipinski definition) is 1. The molecule has 8 nitrogen and oxygen atoms in total. The first-order valence-electron chi connectivity index (χ1n) is 13.3. The minimum atomic E-state index is -0.993. The molecule has 2 atom stereocenters. The fourth-order valence-corrected chi connectivity index (χ4v) is 5.78. The monoisotopic (exact) mass is 565 g/mol. The molecule has 0 spiro atoms. The Labute approximate surface area is 238 Å². The molecule has 2 heterocycles. The van der Waals surface area contributed by atoms with Crippen molar-refractivity contribution in [1.29, 1.82) is 0 Å². The number of methoxy groups -OCH3 is 2. The van der Waals surface area contributed by atoms with Crippen molar-refractivity contribution in [2.75, 3.05) is 33.9 Å². The largest absolute Gasteiger partial charge is 0.493 e. The average Bonchev–Trinajstić information content (AvgIpc) is 3.10. The number of carbonyl (C=O) groups is 2. The molecule has 9 heteroatoms. The Morgan fingerprint density at radius 2 is 1.68 bits per heavy atom. The standard InChI is InChI=1S/C31H32ClNO7/c1-37-26-9-5-8-24(31(26)38-2)30-25-16-19(32)10-11-22(25)21-6-3-4-7-23(21)27(40-30)17-28(34)33-14-12-20(13-15-33)39-18-29(35)36/h3-11,16,20,27,30H,12-15,17-18H2,1-2H3,(H,35,36). The molecular weight excluding hydrogens is 534 g/mol. The SMILES string of the molecule is COc1cccc(C2OC(CC(=O)N3CCC(OCC(=O)O)CC3)c3ccccc3-c3ccc(Cl)cc32)c1OC. The summed E-state index contributed by atoms with van der Waals surface area (Å²) in [5.74, 6) is 0.110. The van der Waals surface area contributed by atoms with Crippen LogP contribution in [0.4, 0.5) is 0 Å². The Hall–Kier alpha value is -3.59. The first-order valence-corrected chi connectivity index (χ1v) is 13.6. The third-order valence-electron chi connectivity index (χ3n) is 7.51. The van der Waals surface area contributed by atoms with Gasteiger partial charge in [0.15, 0.2) is 11.5 Å². The van der Waals surface area contributed by atoms with Crippen molar-refractivity contribution in [3.8, 4) is 22.6 Å². The van der Waals surface area contributed by atoms with Gasteiger partial charge in [-0.3, -0.25) is 4.79 Å². The predicted octanol–water partition coefficient (Wildman–Crippen LogP) is 5.67. The van der Waals surface area contributed by atoms with Crippen LogP contribution in [0.5, 0.6) is 11.5 Å². The number of halogens is 1. The van der Waals surface area contributed by atoms with Crippen LogP contribution in [-0.2, 0) is 19.1 Å². The summed E-state index contributed by atoms with van der Waals surface area (Å²) < 4.78 is 23.7. The Bertz CT molecular complexity index is 1390. The lowest BCUT2D eigenvalue weighted by molar-refractivity contribution is -0.147. The lowest BCUT2D eigenvalue weighted by atomic mass is 9.90. The highest BCUT2D eigenvalue weighted by atomic mass is 35.5. The third kappa shape index (κ3) is 5.80. The van der Waals surface area contributed by atoms with Crippen LogP contribution >= 0.6 is 11.6 Å². The summed E-state index contributed by atoms with van der Waals surface area (Å²) >= 11 is 6.50. The number of carboxylic acids is 1. The molecule has 5 rings (SSSR count). The van der Waals surface area contributed by atoms with Crippen LogP contribution in [-0.4, -0.2) is 61.9 Å².